The molecule has 0 heteroatoms. The van der Waals surface area contributed by atoms with Crippen LogP contribution in [0.3, 0.4) is 0 Å². The van der Waals surface area contributed by atoms with E-state index in [0.717, 1.165) is 6.42 Å². The lowest BCUT2D eigenvalue weighted by Gasteiger charge is -2.02. The number of allylic oxidation sites excluding steroid dienone is 5. The number of hydrogen-bond acceptors (Lipinski definition) is 0. The first-order valence-corrected chi connectivity index (χ1v) is 6.52. The van der Waals surface area contributed by atoms with E-state index in [1.807, 2.05) is 0 Å². The van der Waals surface area contributed by atoms with E-state index in [0.29, 0.717) is 0 Å². The molecule has 0 heterocycles. The van der Waals surface area contributed by atoms with Crippen LogP contribution in [0.4, 0.5) is 0 Å². The second-order valence-electron chi connectivity index (χ2n) is 4.91. The molecule has 0 amide bonds. The summed E-state index contributed by atoms with van der Waals surface area (Å²) < 4.78 is 0. The van der Waals surface area contributed by atoms with Crippen LogP contribution in [0, 0.1) is 0 Å². The minimum absolute atomic E-state index is 1.16. The third-order valence-electron chi connectivity index (χ3n) is 2.69. The predicted molar refractivity (Wildman–Crippen MR) is 75.7 cm³/mol. The van der Waals surface area contributed by atoms with E-state index in [1.165, 1.54) is 48.8 Å². The summed E-state index contributed by atoms with van der Waals surface area (Å²) in [6.45, 7) is 12.9. The van der Waals surface area contributed by atoms with Crippen LogP contribution in [0.25, 0.3) is 0 Å². The van der Waals surface area contributed by atoms with Crippen LogP contribution < -0.4 is 0 Å². The van der Waals surface area contributed by atoms with Crippen LogP contribution in [-0.4, -0.2) is 0 Å². The van der Waals surface area contributed by atoms with Crippen molar-refractivity contribution in [3.63, 3.8) is 0 Å². The molecule has 0 bridgehead atoms. The zero-order valence-electron chi connectivity index (χ0n) is 11.6. The van der Waals surface area contributed by atoms with Crippen molar-refractivity contribution in [3.05, 3.63) is 35.5 Å². The average Bonchev–Trinajstić information content (AvgIpc) is 2.17. The van der Waals surface area contributed by atoms with E-state index in [1.54, 1.807) is 0 Å². The lowest BCUT2D eigenvalue weighted by molar-refractivity contribution is 0.827. The minimum atomic E-state index is 1.16. The molecule has 0 saturated heterocycles. The molecule has 0 aliphatic carbocycles. The van der Waals surface area contributed by atoms with Gasteiger partial charge in [-0.3, -0.25) is 0 Å². The molecule has 0 rings (SSSR count). The molecular formula is C16H28. The zero-order valence-corrected chi connectivity index (χ0v) is 11.6. The summed E-state index contributed by atoms with van der Waals surface area (Å²) in [6, 6.07) is 0. The zero-order chi connectivity index (χ0) is 12.4. The normalized spacial score (nSPS) is 11.4. The molecule has 0 aromatic rings. The van der Waals surface area contributed by atoms with Crippen molar-refractivity contribution in [2.45, 2.75) is 66.2 Å². The Bertz CT molecular complexity index is 249. The lowest BCUT2D eigenvalue weighted by Crippen LogP contribution is -1.82. The fourth-order valence-electron chi connectivity index (χ4n) is 1.69. The van der Waals surface area contributed by atoms with Crippen molar-refractivity contribution < 1.29 is 0 Å². The molecule has 0 aromatic heterocycles. The Morgan fingerprint density at radius 1 is 0.938 bits per heavy atom. The maximum atomic E-state index is 4.09. The molecular weight excluding hydrogens is 192 g/mol. The Kier molecular flexibility index (Phi) is 8.99. The van der Waals surface area contributed by atoms with Crippen molar-refractivity contribution in [1.29, 1.82) is 0 Å². The van der Waals surface area contributed by atoms with Crippen molar-refractivity contribution in [2.75, 3.05) is 0 Å². The summed E-state index contributed by atoms with van der Waals surface area (Å²) in [5, 5.41) is 0. The topological polar surface area (TPSA) is 0 Å². The van der Waals surface area contributed by atoms with Crippen LogP contribution in [-0.2, 0) is 0 Å². The van der Waals surface area contributed by atoms with E-state index in [-0.39, 0.29) is 0 Å². The van der Waals surface area contributed by atoms with Gasteiger partial charge in [-0.15, -0.1) is 0 Å². The highest BCUT2D eigenvalue weighted by molar-refractivity contribution is 5.04. The second kappa shape index (κ2) is 9.45. The second-order valence-corrected chi connectivity index (χ2v) is 4.91. The van der Waals surface area contributed by atoms with Crippen LogP contribution >= 0.6 is 0 Å². The molecule has 0 radical (unpaired) electrons. The minimum Gasteiger partial charge on any atom is -0.0999 e. The van der Waals surface area contributed by atoms with Gasteiger partial charge in [0.25, 0.3) is 0 Å². The summed E-state index contributed by atoms with van der Waals surface area (Å²) in [7, 11) is 0. The van der Waals surface area contributed by atoms with Gasteiger partial charge in [0.2, 0.25) is 0 Å². The summed E-state index contributed by atoms with van der Waals surface area (Å²) in [4.78, 5) is 0. The molecule has 0 fully saturated rings. The van der Waals surface area contributed by atoms with Gasteiger partial charge in [-0.25, -0.2) is 0 Å². The fraction of sp³-hybridized carbons (Fsp3) is 0.625. The quantitative estimate of drug-likeness (QED) is 0.452. The first-order valence-electron chi connectivity index (χ1n) is 6.52. The summed E-state index contributed by atoms with van der Waals surface area (Å²) in [6.07, 6.45) is 11.8. The van der Waals surface area contributed by atoms with Crippen molar-refractivity contribution >= 4 is 0 Å². The number of hydrogen-bond donors (Lipinski definition) is 0. The van der Waals surface area contributed by atoms with Gasteiger partial charge in [0, 0.05) is 0 Å². The molecule has 0 unspecified atom stereocenters. The fourth-order valence-corrected chi connectivity index (χ4v) is 1.69. The monoisotopic (exact) mass is 220 g/mol. The molecule has 0 atom stereocenters. The molecule has 0 N–H and O–H groups in total. The number of rotatable bonds is 8. The van der Waals surface area contributed by atoms with E-state index in [9.17, 15) is 0 Å². The molecule has 0 spiro atoms. The van der Waals surface area contributed by atoms with Crippen molar-refractivity contribution in [3.8, 4) is 0 Å². The summed E-state index contributed by atoms with van der Waals surface area (Å²) in [5.74, 6) is 0. The van der Waals surface area contributed by atoms with Crippen LogP contribution in [0.1, 0.15) is 66.2 Å². The van der Waals surface area contributed by atoms with E-state index < -0.39 is 0 Å². The van der Waals surface area contributed by atoms with Gasteiger partial charge >= 0.3 is 0 Å². The first-order chi connectivity index (χ1) is 7.56. The van der Waals surface area contributed by atoms with Crippen LogP contribution in [0.5, 0.6) is 0 Å². The van der Waals surface area contributed by atoms with Gasteiger partial charge in [-0.1, -0.05) is 48.8 Å². The standard InChI is InChI=1S/C16H28/c1-6-9-15(4)12-8-13-16(5)11-7-10-14(2)3/h10,13H,4,6-9,11-12H2,1-3,5H3/b16-13+. The van der Waals surface area contributed by atoms with Crippen molar-refractivity contribution in [1.82, 2.24) is 0 Å². The molecule has 92 valence electrons. The van der Waals surface area contributed by atoms with E-state index >= 15 is 0 Å². The molecule has 0 aliphatic rings. The van der Waals surface area contributed by atoms with Crippen LogP contribution in [0.2, 0.25) is 0 Å². The average molecular weight is 220 g/mol. The highest BCUT2D eigenvalue weighted by Crippen LogP contribution is 2.13. The maximum absolute atomic E-state index is 4.09. The van der Waals surface area contributed by atoms with Crippen molar-refractivity contribution in [2.24, 2.45) is 0 Å². The Morgan fingerprint density at radius 2 is 1.56 bits per heavy atom. The summed E-state index contributed by atoms with van der Waals surface area (Å²) in [5.41, 5.74) is 4.33. The molecule has 0 saturated carbocycles. The Morgan fingerprint density at radius 3 is 2.12 bits per heavy atom. The predicted octanol–water partition coefficient (Wildman–Crippen LogP) is 5.82. The SMILES string of the molecule is C=C(CCC)CC/C=C(\C)CCC=C(C)C. The van der Waals surface area contributed by atoms with Gasteiger partial charge in [0.1, 0.15) is 0 Å². The third-order valence-corrected chi connectivity index (χ3v) is 2.69. The van der Waals surface area contributed by atoms with Gasteiger partial charge in [-0.2, -0.15) is 0 Å². The van der Waals surface area contributed by atoms with Gasteiger partial charge in [0.05, 0.1) is 0 Å². The Labute approximate surface area is 102 Å². The molecule has 0 nitrogen and oxygen atoms in total. The van der Waals surface area contributed by atoms with E-state index in [4.69, 9.17) is 0 Å². The lowest BCUT2D eigenvalue weighted by atomic mass is 10.0. The van der Waals surface area contributed by atoms with Gasteiger partial charge in [0.15, 0.2) is 0 Å². The largest absolute Gasteiger partial charge is 0.0999 e. The van der Waals surface area contributed by atoms with E-state index in [2.05, 4.69) is 46.4 Å². The molecule has 16 heavy (non-hydrogen) atoms. The Hall–Kier alpha value is -0.780. The van der Waals surface area contributed by atoms with Gasteiger partial charge < -0.3 is 0 Å². The summed E-state index contributed by atoms with van der Waals surface area (Å²) >= 11 is 0. The smallest absolute Gasteiger partial charge is 0.0288 e. The third kappa shape index (κ3) is 9.76. The first kappa shape index (κ1) is 15.2. The maximum Gasteiger partial charge on any atom is -0.0288 e. The van der Waals surface area contributed by atoms with Gasteiger partial charge in [-0.05, 0) is 52.9 Å². The molecule has 0 aromatic carbocycles. The molecule has 0 aliphatic heterocycles. The highest BCUT2D eigenvalue weighted by Gasteiger charge is 1.93. The highest BCUT2D eigenvalue weighted by atomic mass is 14.0. The Balaban J connectivity index is 3.70. The van der Waals surface area contributed by atoms with Crippen LogP contribution in [0.15, 0.2) is 35.5 Å².